The number of carboxylic acids is 1. The lowest BCUT2D eigenvalue weighted by Crippen LogP contribution is -1.98. The highest BCUT2D eigenvalue weighted by molar-refractivity contribution is 9.10. The maximum Gasteiger partial charge on any atom is 0.337 e. The van der Waals surface area contributed by atoms with E-state index in [1.54, 1.807) is 18.5 Å². The quantitative estimate of drug-likeness (QED) is 0.939. The van der Waals surface area contributed by atoms with E-state index in [9.17, 15) is 4.79 Å². The topological polar surface area (TPSA) is 42.2 Å². The Bertz CT molecular complexity index is 519. The van der Waals surface area contributed by atoms with E-state index in [-0.39, 0.29) is 0 Å². The summed E-state index contributed by atoms with van der Waals surface area (Å²) in [6.45, 7) is 0.661. The Hall–Kier alpha value is -1.55. The fraction of sp³-hybridized carbons (Fsp3) is 0.0833. The van der Waals surface area contributed by atoms with Crippen molar-refractivity contribution in [3.63, 3.8) is 0 Å². The molecule has 0 spiro atoms. The minimum atomic E-state index is -0.897. The van der Waals surface area contributed by atoms with Gasteiger partial charge in [-0.2, -0.15) is 0 Å². The third-order valence-corrected chi connectivity index (χ3v) is 3.08. The largest absolute Gasteiger partial charge is 0.478 e. The summed E-state index contributed by atoms with van der Waals surface area (Å²) in [5, 5.41) is 8.80. The Morgan fingerprint density at radius 2 is 2.06 bits per heavy atom. The molecule has 0 saturated carbocycles. The van der Waals surface area contributed by atoms with Gasteiger partial charge in [0.2, 0.25) is 0 Å². The Morgan fingerprint density at radius 3 is 2.69 bits per heavy atom. The van der Waals surface area contributed by atoms with Crippen molar-refractivity contribution in [2.24, 2.45) is 0 Å². The van der Waals surface area contributed by atoms with Gasteiger partial charge in [0.05, 0.1) is 5.56 Å². The van der Waals surface area contributed by atoms with Crippen molar-refractivity contribution in [3.05, 3.63) is 58.3 Å². The van der Waals surface area contributed by atoms with Crippen LogP contribution in [0.5, 0.6) is 0 Å². The number of rotatable bonds is 3. The van der Waals surface area contributed by atoms with E-state index < -0.39 is 5.97 Å². The SMILES string of the molecule is O=C(O)c1ccn(Cc2ccccc2Br)c1. The van der Waals surface area contributed by atoms with Crippen LogP contribution in [0.1, 0.15) is 15.9 Å². The van der Waals surface area contributed by atoms with E-state index in [0.717, 1.165) is 10.0 Å². The number of aromatic nitrogens is 1. The molecule has 1 aromatic heterocycles. The van der Waals surface area contributed by atoms with Gasteiger partial charge in [-0.25, -0.2) is 4.79 Å². The van der Waals surface area contributed by atoms with Crippen LogP contribution in [0.25, 0.3) is 0 Å². The predicted molar refractivity (Wildman–Crippen MR) is 64.6 cm³/mol. The van der Waals surface area contributed by atoms with E-state index in [1.807, 2.05) is 28.8 Å². The van der Waals surface area contributed by atoms with Crippen LogP contribution in [-0.4, -0.2) is 15.6 Å². The molecule has 0 bridgehead atoms. The van der Waals surface area contributed by atoms with Gasteiger partial charge in [0, 0.05) is 23.4 Å². The molecule has 0 unspecified atom stereocenters. The first-order chi connectivity index (χ1) is 7.66. The molecule has 0 aliphatic rings. The molecule has 82 valence electrons. The lowest BCUT2D eigenvalue weighted by atomic mass is 10.2. The smallest absolute Gasteiger partial charge is 0.337 e. The van der Waals surface area contributed by atoms with Crippen LogP contribution in [0.3, 0.4) is 0 Å². The summed E-state index contributed by atoms with van der Waals surface area (Å²) in [4.78, 5) is 10.7. The lowest BCUT2D eigenvalue weighted by Gasteiger charge is -2.05. The summed E-state index contributed by atoms with van der Waals surface area (Å²) in [6, 6.07) is 9.48. The molecule has 0 radical (unpaired) electrons. The van der Waals surface area contributed by atoms with Crippen LogP contribution >= 0.6 is 15.9 Å². The molecular formula is C12H10BrNO2. The second-order valence-electron chi connectivity index (χ2n) is 3.47. The van der Waals surface area contributed by atoms with Crippen molar-refractivity contribution in [2.45, 2.75) is 6.54 Å². The van der Waals surface area contributed by atoms with E-state index in [2.05, 4.69) is 15.9 Å². The first-order valence-corrected chi connectivity index (χ1v) is 5.58. The molecule has 1 aromatic carbocycles. The molecule has 3 nitrogen and oxygen atoms in total. The number of nitrogens with zero attached hydrogens (tertiary/aromatic N) is 1. The molecule has 16 heavy (non-hydrogen) atoms. The minimum Gasteiger partial charge on any atom is -0.478 e. The summed E-state index contributed by atoms with van der Waals surface area (Å²) in [5.74, 6) is -0.897. The number of hydrogen-bond acceptors (Lipinski definition) is 1. The predicted octanol–water partition coefficient (Wildman–Crippen LogP) is 3.00. The maximum atomic E-state index is 10.7. The van der Waals surface area contributed by atoms with Crippen molar-refractivity contribution in [1.82, 2.24) is 4.57 Å². The van der Waals surface area contributed by atoms with E-state index in [0.29, 0.717) is 12.1 Å². The van der Waals surface area contributed by atoms with Gasteiger partial charge in [-0.1, -0.05) is 34.1 Å². The van der Waals surface area contributed by atoms with Crippen LogP contribution in [0.2, 0.25) is 0 Å². The van der Waals surface area contributed by atoms with Crippen molar-refractivity contribution < 1.29 is 9.90 Å². The van der Waals surface area contributed by atoms with Gasteiger partial charge in [0.1, 0.15) is 0 Å². The summed E-state index contributed by atoms with van der Waals surface area (Å²) in [7, 11) is 0. The Kier molecular flexibility index (Phi) is 3.10. The second kappa shape index (κ2) is 4.53. The Labute approximate surface area is 101 Å². The Morgan fingerprint density at radius 1 is 1.31 bits per heavy atom. The summed E-state index contributed by atoms with van der Waals surface area (Å²) in [6.07, 6.45) is 3.39. The molecule has 2 aromatic rings. The van der Waals surface area contributed by atoms with Crippen LogP contribution in [0.4, 0.5) is 0 Å². The molecule has 0 atom stereocenters. The molecule has 0 saturated heterocycles. The van der Waals surface area contributed by atoms with Gasteiger partial charge in [-0.3, -0.25) is 0 Å². The highest BCUT2D eigenvalue weighted by Gasteiger charge is 2.05. The maximum absolute atomic E-state index is 10.7. The fourth-order valence-corrected chi connectivity index (χ4v) is 1.90. The normalized spacial score (nSPS) is 10.3. The van der Waals surface area contributed by atoms with Crippen LogP contribution in [-0.2, 0) is 6.54 Å². The zero-order valence-electron chi connectivity index (χ0n) is 8.43. The second-order valence-corrected chi connectivity index (χ2v) is 4.32. The van der Waals surface area contributed by atoms with Crippen LogP contribution in [0.15, 0.2) is 47.2 Å². The molecule has 1 heterocycles. The number of halogens is 1. The van der Waals surface area contributed by atoms with Crippen molar-refractivity contribution >= 4 is 21.9 Å². The first-order valence-electron chi connectivity index (χ1n) is 4.79. The van der Waals surface area contributed by atoms with Gasteiger partial charge in [0.15, 0.2) is 0 Å². The van der Waals surface area contributed by atoms with E-state index in [4.69, 9.17) is 5.11 Å². The zero-order valence-corrected chi connectivity index (χ0v) is 10.0. The third-order valence-electron chi connectivity index (χ3n) is 2.31. The monoisotopic (exact) mass is 279 g/mol. The van der Waals surface area contributed by atoms with Gasteiger partial charge in [-0.15, -0.1) is 0 Å². The standard InChI is InChI=1S/C12H10BrNO2/c13-11-4-2-1-3-9(11)7-14-6-5-10(8-14)12(15)16/h1-6,8H,7H2,(H,15,16). The average molecular weight is 280 g/mol. The van der Waals surface area contributed by atoms with Gasteiger partial charge >= 0.3 is 5.97 Å². The molecule has 0 aliphatic heterocycles. The number of carboxylic acid groups (broad SMARTS) is 1. The van der Waals surface area contributed by atoms with Crippen LogP contribution in [0, 0.1) is 0 Å². The van der Waals surface area contributed by atoms with Gasteiger partial charge < -0.3 is 9.67 Å². The van der Waals surface area contributed by atoms with Crippen LogP contribution < -0.4 is 0 Å². The molecule has 0 aliphatic carbocycles. The van der Waals surface area contributed by atoms with Crippen molar-refractivity contribution in [2.75, 3.05) is 0 Å². The highest BCUT2D eigenvalue weighted by Crippen LogP contribution is 2.17. The fourth-order valence-electron chi connectivity index (χ4n) is 1.49. The average Bonchev–Trinajstić information content (AvgIpc) is 2.70. The van der Waals surface area contributed by atoms with E-state index in [1.165, 1.54) is 0 Å². The Balaban J connectivity index is 2.21. The first kappa shape index (κ1) is 11.0. The third kappa shape index (κ3) is 2.33. The number of hydrogen-bond donors (Lipinski definition) is 1. The minimum absolute atomic E-state index is 0.312. The molecule has 0 fully saturated rings. The number of aromatic carboxylic acids is 1. The summed E-state index contributed by atoms with van der Waals surface area (Å²) < 4.78 is 2.88. The molecule has 2 rings (SSSR count). The van der Waals surface area contributed by atoms with Crippen molar-refractivity contribution in [1.29, 1.82) is 0 Å². The number of carbonyl (C=O) groups is 1. The van der Waals surface area contributed by atoms with Gasteiger partial charge in [0.25, 0.3) is 0 Å². The number of benzene rings is 1. The van der Waals surface area contributed by atoms with Crippen molar-refractivity contribution in [3.8, 4) is 0 Å². The molecule has 1 N–H and O–H groups in total. The van der Waals surface area contributed by atoms with Gasteiger partial charge in [-0.05, 0) is 17.7 Å². The lowest BCUT2D eigenvalue weighted by molar-refractivity contribution is 0.0697. The molecule has 4 heteroatoms. The summed E-state index contributed by atoms with van der Waals surface area (Å²) >= 11 is 3.46. The summed E-state index contributed by atoms with van der Waals surface area (Å²) in [5.41, 5.74) is 1.43. The highest BCUT2D eigenvalue weighted by atomic mass is 79.9. The molecular weight excluding hydrogens is 270 g/mol. The molecule has 0 amide bonds. The zero-order chi connectivity index (χ0) is 11.5. The van der Waals surface area contributed by atoms with E-state index >= 15 is 0 Å².